The number of carbonyl (C=O) groups is 1. The number of carbonyl (C=O) groups excluding carboxylic acids is 1. The average Bonchev–Trinajstić information content (AvgIpc) is 3.18. The fraction of sp³-hybridized carbons (Fsp3) is 0.826. The molecular formula is C23H38N2O5. The van der Waals surface area contributed by atoms with Gasteiger partial charge in [-0.3, -0.25) is 4.79 Å². The van der Waals surface area contributed by atoms with Crippen LogP contribution in [-0.2, 0) is 26.1 Å². The molecule has 1 aromatic rings. The Hall–Kier alpha value is -1.28. The largest absolute Gasteiger partial charge is 0.393 e. The van der Waals surface area contributed by atoms with Crippen LogP contribution >= 0.6 is 0 Å². The first-order valence-corrected chi connectivity index (χ1v) is 11.3. The lowest BCUT2D eigenvalue weighted by Gasteiger charge is -2.34. The number of aliphatic hydroxyl groups excluding tert-OH is 1. The summed E-state index contributed by atoms with van der Waals surface area (Å²) in [5.41, 5.74) is -0.202. The van der Waals surface area contributed by atoms with Crippen molar-refractivity contribution in [2.45, 2.75) is 108 Å². The number of aliphatic hydroxyl groups is 1. The van der Waals surface area contributed by atoms with Crippen LogP contribution in [0.2, 0.25) is 0 Å². The van der Waals surface area contributed by atoms with Crippen molar-refractivity contribution in [2.24, 2.45) is 0 Å². The number of ether oxygens (including phenoxy) is 2. The molecule has 1 unspecified atom stereocenters. The van der Waals surface area contributed by atoms with Gasteiger partial charge in [0.05, 0.1) is 30.4 Å². The second kappa shape index (κ2) is 9.90. The van der Waals surface area contributed by atoms with Crippen molar-refractivity contribution in [3.63, 3.8) is 0 Å². The highest BCUT2D eigenvalue weighted by Gasteiger charge is 2.33. The first-order valence-electron chi connectivity index (χ1n) is 11.3. The molecule has 170 valence electrons. The van der Waals surface area contributed by atoms with E-state index in [1.54, 1.807) is 0 Å². The SMILES string of the molecule is CC(C)(NC1CCC(O)CC1)C(=O)Cc1cc(C(C)(C)COC2CCCCO2)no1. The topological polar surface area (TPSA) is 93.8 Å². The van der Waals surface area contributed by atoms with Gasteiger partial charge in [-0.25, -0.2) is 0 Å². The molecule has 0 amide bonds. The summed E-state index contributed by atoms with van der Waals surface area (Å²) in [6, 6.07) is 2.13. The maximum absolute atomic E-state index is 12.9. The monoisotopic (exact) mass is 422 g/mol. The third-order valence-electron chi connectivity index (χ3n) is 6.31. The number of rotatable bonds is 9. The van der Waals surface area contributed by atoms with Crippen molar-refractivity contribution in [3.8, 4) is 0 Å². The minimum Gasteiger partial charge on any atom is -0.393 e. The molecule has 1 saturated carbocycles. The standard InChI is InChI=1S/C23H38N2O5/c1-22(2,15-29-21-7-5-6-12-28-21)19-13-18(30-25-19)14-20(27)23(3,4)24-16-8-10-17(26)11-9-16/h13,16-17,21,24,26H,5-12,14-15H2,1-4H3. The molecule has 0 aromatic carbocycles. The number of hydrogen-bond acceptors (Lipinski definition) is 7. The van der Waals surface area contributed by atoms with Crippen LogP contribution in [-0.4, -0.2) is 53.2 Å². The Balaban J connectivity index is 1.52. The average molecular weight is 423 g/mol. The summed E-state index contributed by atoms with van der Waals surface area (Å²) in [6.45, 7) is 9.19. The summed E-state index contributed by atoms with van der Waals surface area (Å²) in [7, 11) is 0. The molecule has 7 heteroatoms. The smallest absolute Gasteiger partial charge is 0.159 e. The molecule has 0 spiro atoms. The fourth-order valence-corrected chi connectivity index (χ4v) is 4.12. The fourth-order valence-electron chi connectivity index (χ4n) is 4.12. The van der Waals surface area contributed by atoms with Gasteiger partial charge in [-0.05, 0) is 58.8 Å². The molecule has 30 heavy (non-hydrogen) atoms. The van der Waals surface area contributed by atoms with E-state index in [0.717, 1.165) is 57.2 Å². The summed E-state index contributed by atoms with van der Waals surface area (Å²) in [4.78, 5) is 12.9. The second-order valence-electron chi connectivity index (χ2n) is 10.0. The lowest BCUT2D eigenvalue weighted by molar-refractivity contribution is -0.170. The predicted molar refractivity (Wildman–Crippen MR) is 113 cm³/mol. The van der Waals surface area contributed by atoms with Gasteiger partial charge in [0.1, 0.15) is 5.76 Å². The van der Waals surface area contributed by atoms with Gasteiger partial charge in [0.25, 0.3) is 0 Å². The lowest BCUT2D eigenvalue weighted by Crippen LogP contribution is -2.53. The third-order valence-corrected chi connectivity index (χ3v) is 6.31. The zero-order valence-corrected chi connectivity index (χ0v) is 18.9. The van der Waals surface area contributed by atoms with Gasteiger partial charge in [0.15, 0.2) is 12.1 Å². The highest BCUT2D eigenvalue weighted by Crippen LogP contribution is 2.26. The van der Waals surface area contributed by atoms with Gasteiger partial charge in [0, 0.05) is 24.1 Å². The molecule has 2 N–H and O–H groups in total. The third kappa shape index (κ3) is 6.36. The van der Waals surface area contributed by atoms with Crippen molar-refractivity contribution in [3.05, 3.63) is 17.5 Å². The minimum atomic E-state index is -0.656. The first-order chi connectivity index (χ1) is 14.2. The van der Waals surface area contributed by atoms with Crippen LogP contribution in [0.15, 0.2) is 10.6 Å². The van der Waals surface area contributed by atoms with E-state index in [2.05, 4.69) is 24.3 Å². The van der Waals surface area contributed by atoms with E-state index in [1.807, 2.05) is 19.9 Å². The normalized spacial score (nSPS) is 26.0. The molecule has 1 aliphatic carbocycles. The van der Waals surface area contributed by atoms with Gasteiger partial charge in [-0.1, -0.05) is 19.0 Å². The molecule has 2 fully saturated rings. The minimum absolute atomic E-state index is 0.0704. The van der Waals surface area contributed by atoms with E-state index in [9.17, 15) is 9.90 Å². The van der Waals surface area contributed by atoms with E-state index in [-0.39, 0.29) is 36.1 Å². The Bertz CT molecular complexity index is 686. The Kier molecular flexibility index (Phi) is 7.71. The van der Waals surface area contributed by atoms with E-state index in [0.29, 0.717) is 12.4 Å². The summed E-state index contributed by atoms with van der Waals surface area (Å²) >= 11 is 0. The van der Waals surface area contributed by atoms with Crippen molar-refractivity contribution >= 4 is 5.78 Å². The molecule has 3 rings (SSSR count). The molecule has 0 bridgehead atoms. The summed E-state index contributed by atoms with van der Waals surface area (Å²) in [5.74, 6) is 0.645. The van der Waals surface area contributed by atoms with Crippen LogP contribution in [0.1, 0.15) is 84.1 Å². The zero-order valence-electron chi connectivity index (χ0n) is 18.9. The van der Waals surface area contributed by atoms with E-state index >= 15 is 0 Å². The van der Waals surface area contributed by atoms with Gasteiger partial charge in [0.2, 0.25) is 0 Å². The Morgan fingerprint density at radius 2 is 1.93 bits per heavy atom. The number of ketones is 1. The number of Topliss-reactive ketones (excluding diaryl/α,β-unsaturated/α-hetero) is 1. The predicted octanol–water partition coefficient (Wildman–Crippen LogP) is 3.28. The Morgan fingerprint density at radius 1 is 1.20 bits per heavy atom. The van der Waals surface area contributed by atoms with Crippen LogP contribution in [0.25, 0.3) is 0 Å². The summed E-state index contributed by atoms with van der Waals surface area (Å²) < 4.78 is 17.1. The van der Waals surface area contributed by atoms with Crippen molar-refractivity contribution < 1.29 is 23.9 Å². The van der Waals surface area contributed by atoms with E-state index in [1.165, 1.54) is 0 Å². The van der Waals surface area contributed by atoms with Gasteiger partial charge >= 0.3 is 0 Å². The second-order valence-corrected chi connectivity index (χ2v) is 10.0. The molecule has 1 saturated heterocycles. The molecule has 1 atom stereocenters. The molecule has 1 aromatic heterocycles. The van der Waals surface area contributed by atoms with Gasteiger partial charge < -0.3 is 24.4 Å². The Morgan fingerprint density at radius 3 is 2.60 bits per heavy atom. The van der Waals surface area contributed by atoms with Crippen molar-refractivity contribution in [1.29, 1.82) is 0 Å². The van der Waals surface area contributed by atoms with Crippen LogP contribution in [0.3, 0.4) is 0 Å². The molecule has 0 radical (unpaired) electrons. The van der Waals surface area contributed by atoms with Crippen LogP contribution in [0.5, 0.6) is 0 Å². The first kappa shape index (κ1) is 23.4. The maximum Gasteiger partial charge on any atom is 0.159 e. The van der Waals surface area contributed by atoms with Crippen LogP contribution < -0.4 is 5.32 Å². The number of hydrogen-bond donors (Lipinski definition) is 2. The van der Waals surface area contributed by atoms with Gasteiger partial charge in [-0.2, -0.15) is 0 Å². The number of aromatic nitrogens is 1. The molecule has 2 aliphatic rings. The summed E-state index contributed by atoms with van der Waals surface area (Å²) in [6.07, 6.45) is 6.37. The lowest BCUT2D eigenvalue weighted by atomic mass is 9.88. The Labute approximate surface area is 179 Å². The van der Waals surface area contributed by atoms with Gasteiger partial charge in [-0.15, -0.1) is 0 Å². The summed E-state index contributed by atoms with van der Waals surface area (Å²) in [5, 5.41) is 17.4. The highest BCUT2D eigenvalue weighted by molar-refractivity contribution is 5.89. The van der Waals surface area contributed by atoms with Crippen LogP contribution in [0.4, 0.5) is 0 Å². The number of nitrogens with zero attached hydrogens (tertiary/aromatic N) is 1. The van der Waals surface area contributed by atoms with Crippen molar-refractivity contribution in [1.82, 2.24) is 10.5 Å². The van der Waals surface area contributed by atoms with E-state index in [4.69, 9.17) is 14.0 Å². The maximum atomic E-state index is 12.9. The quantitative estimate of drug-likeness (QED) is 0.631. The van der Waals surface area contributed by atoms with Crippen molar-refractivity contribution in [2.75, 3.05) is 13.2 Å². The zero-order chi connectivity index (χ0) is 21.8. The highest BCUT2D eigenvalue weighted by atomic mass is 16.7. The van der Waals surface area contributed by atoms with E-state index < -0.39 is 5.54 Å². The molecule has 7 nitrogen and oxygen atoms in total. The van der Waals surface area contributed by atoms with Crippen LogP contribution in [0, 0.1) is 0 Å². The molecular weight excluding hydrogens is 384 g/mol. The molecule has 2 heterocycles. The molecule has 1 aliphatic heterocycles. The number of nitrogens with one attached hydrogen (secondary N) is 1.